The molecule has 0 spiro atoms. The van der Waals surface area contributed by atoms with E-state index in [9.17, 15) is 0 Å². The van der Waals surface area contributed by atoms with Crippen LogP contribution in [0.4, 0.5) is 0 Å². The Morgan fingerprint density at radius 3 is 2.75 bits per heavy atom. The van der Waals surface area contributed by atoms with E-state index >= 15 is 0 Å². The minimum atomic E-state index is 0.753. The first-order chi connectivity index (χ1) is 7.88. The van der Waals surface area contributed by atoms with Crippen LogP contribution in [0.5, 0.6) is 0 Å². The molecule has 3 nitrogen and oxygen atoms in total. The van der Waals surface area contributed by atoms with Crippen molar-refractivity contribution in [2.24, 2.45) is 0 Å². The Labute approximate surface area is 96.7 Å². The van der Waals surface area contributed by atoms with Gasteiger partial charge < -0.3 is 10.2 Å². The quantitative estimate of drug-likeness (QED) is 0.650. The fraction of sp³-hybridized carbons (Fsp3) is 0.462. The van der Waals surface area contributed by atoms with Crippen LogP contribution in [0.1, 0.15) is 17.5 Å². The maximum atomic E-state index is 8.73. The van der Waals surface area contributed by atoms with E-state index in [0.717, 1.165) is 12.1 Å². The minimum Gasteiger partial charge on any atom is -0.341 e. The summed E-state index contributed by atoms with van der Waals surface area (Å²) in [5.74, 6) is 0. The first-order valence-corrected chi connectivity index (χ1v) is 6.03. The molecule has 2 rings (SSSR count). The van der Waals surface area contributed by atoms with Crippen LogP contribution in [0.15, 0.2) is 24.3 Å². The zero-order chi connectivity index (χ0) is 11.2. The van der Waals surface area contributed by atoms with Gasteiger partial charge in [-0.25, -0.2) is 0 Å². The van der Waals surface area contributed by atoms with Crippen LogP contribution in [0.3, 0.4) is 0 Å². The average molecular weight is 217 g/mol. The van der Waals surface area contributed by atoms with E-state index in [2.05, 4.69) is 23.5 Å². The molecule has 16 heavy (non-hydrogen) atoms. The zero-order valence-corrected chi connectivity index (χ0v) is 9.58. The van der Waals surface area contributed by atoms with Gasteiger partial charge in [0.15, 0.2) is 0 Å². The third kappa shape index (κ3) is 3.06. The van der Waals surface area contributed by atoms with Gasteiger partial charge in [0, 0.05) is 12.0 Å². The predicted octanol–water partition coefficient (Wildman–Crippen LogP) is -1.09. The largest absolute Gasteiger partial charge is 0.341 e. The molecule has 84 valence electrons. The number of hydrogen-bond donors (Lipinski definition) is 2. The van der Waals surface area contributed by atoms with E-state index < -0.39 is 0 Å². The van der Waals surface area contributed by atoms with Crippen molar-refractivity contribution in [2.45, 2.75) is 13.0 Å². The standard InChI is InChI=1S/C13H17N3/c14-10-12-2-4-13(5-3-12)11-16-8-1-6-15-7-9-16/h2-5,15H,1,6-9,11H2/p+2. The zero-order valence-electron chi connectivity index (χ0n) is 9.58. The molecule has 0 radical (unpaired) electrons. The van der Waals surface area contributed by atoms with Crippen LogP contribution in [-0.4, -0.2) is 26.2 Å². The van der Waals surface area contributed by atoms with E-state index in [1.54, 1.807) is 4.90 Å². The Morgan fingerprint density at radius 1 is 1.19 bits per heavy atom. The Hall–Kier alpha value is -1.37. The van der Waals surface area contributed by atoms with Crippen molar-refractivity contribution in [3.8, 4) is 6.07 Å². The number of quaternary nitrogens is 2. The molecule has 1 aliphatic heterocycles. The van der Waals surface area contributed by atoms with Crippen LogP contribution < -0.4 is 10.2 Å². The molecule has 1 unspecified atom stereocenters. The van der Waals surface area contributed by atoms with E-state index in [0.29, 0.717) is 0 Å². The second-order valence-corrected chi connectivity index (χ2v) is 4.46. The molecule has 0 bridgehead atoms. The lowest BCUT2D eigenvalue weighted by molar-refractivity contribution is -0.917. The van der Waals surface area contributed by atoms with Crippen molar-refractivity contribution >= 4 is 0 Å². The minimum absolute atomic E-state index is 0.753. The van der Waals surface area contributed by atoms with Gasteiger partial charge in [-0.1, -0.05) is 12.1 Å². The highest BCUT2D eigenvalue weighted by Crippen LogP contribution is 2.01. The summed E-state index contributed by atoms with van der Waals surface area (Å²) in [5, 5.41) is 11.1. The summed E-state index contributed by atoms with van der Waals surface area (Å²) in [6, 6.07) is 10.2. The number of benzene rings is 1. The molecule has 0 aromatic heterocycles. The van der Waals surface area contributed by atoms with E-state index in [-0.39, 0.29) is 0 Å². The van der Waals surface area contributed by atoms with Gasteiger partial charge in [0.05, 0.1) is 24.7 Å². The smallest absolute Gasteiger partial charge is 0.127 e. The number of rotatable bonds is 2. The SMILES string of the molecule is N#Cc1ccc(C[NH+]2CCC[NH2+]CC2)cc1. The molecule has 1 aliphatic rings. The number of nitrogens with one attached hydrogen (secondary N) is 1. The second-order valence-electron chi connectivity index (χ2n) is 4.46. The highest BCUT2D eigenvalue weighted by atomic mass is 15.1. The molecule has 1 atom stereocenters. The van der Waals surface area contributed by atoms with E-state index in [1.165, 1.54) is 38.2 Å². The second kappa shape index (κ2) is 5.64. The Bertz CT molecular complexity index is 356. The summed E-state index contributed by atoms with van der Waals surface area (Å²) in [7, 11) is 0. The fourth-order valence-electron chi connectivity index (χ4n) is 2.23. The van der Waals surface area contributed by atoms with Crippen molar-refractivity contribution in [3.63, 3.8) is 0 Å². The molecule has 0 saturated carbocycles. The molecule has 1 heterocycles. The summed E-state index contributed by atoms with van der Waals surface area (Å²) in [6.45, 7) is 6.14. The van der Waals surface area contributed by atoms with Gasteiger partial charge in [-0.05, 0) is 12.1 Å². The molecule has 1 aromatic rings. The molecular weight excluding hydrogens is 198 g/mol. The topological polar surface area (TPSA) is 44.8 Å². The van der Waals surface area contributed by atoms with Gasteiger partial charge in [-0.15, -0.1) is 0 Å². The first-order valence-electron chi connectivity index (χ1n) is 6.03. The van der Waals surface area contributed by atoms with Crippen molar-refractivity contribution in [2.75, 3.05) is 26.2 Å². The molecule has 3 N–H and O–H groups in total. The molecule has 0 amide bonds. The lowest BCUT2D eigenvalue weighted by atomic mass is 10.1. The highest BCUT2D eigenvalue weighted by Gasteiger charge is 2.13. The van der Waals surface area contributed by atoms with Gasteiger partial charge >= 0.3 is 0 Å². The van der Waals surface area contributed by atoms with Crippen LogP contribution in [0, 0.1) is 11.3 Å². The molecule has 1 fully saturated rings. The number of nitrogens with zero attached hydrogens (tertiary/aromatic N) is 1. The fourth-order valence-corrected chi connectivity index (χ4v) is 2.23. The van der Waals surface area contributed by atoms with Crippen LogP contribution in [0.2, 0.25) is 0 Å². The van der Waals surface area contributed by atoms with Crippen LogP contribution in [0.25, 0.3) is 0 Å². The van der Waals surface area contributed by atoms with Crippen molar-refractivity contribution < 1.29 is 10.2 Å². The van der Waals surface area contributed by atoms with Gasteiger partial charge in [0.2, 0.25) is 0 Å². The Balaban J connectivity index is 1.94. The summed E-state index contributed by atoms with van der Waals surface area (Å²) in [4.78, 5) is 1.67. The van der Waals surface area contributed by atoms with Crippen LogP contribution in [-0.2, 0) is 6.54 Å². The van der Waals surface area contributed by atoms with Crippen molar-refractivity contribution in [1.29, 1.82) is 5.26 Å². The predicted molar refractivity (Wildman–Crippen MR) is 61.8 cm³/mol. The van der Waals surface area contributed by atoms with Crippen molar-refractivity contribution in [3.05, 3.63) is 35.4 Å². The maximum Gasteiger partial charge on any atom is 0.127 e. The Morgan fingerprint density at radius 2 is 2.00 bits per heavy atom. The average Bonchev–Trinajstić information content (AvgIpc) is 2.59. The molecule has 1 aromatic carbocycles. The summed E-state index contributed by atoms with van der Waals surface area (Å²) < 4.78 is 0. The van der Waals surface area contributed by atoms with E-state index in [4.69, 9.17) is 5.26 Å². The van der Waals surface area contributed by atoms with Gasteiger partial charge in [-0.3, -0.25) is 0 Å². The lowest BCUT2D eigenvalue weighted by Gasteiger charge is -2.15. The maximum absolute atomic E-state index is 8.73. The molecular formula is C13H19N3+2. The first kappa shape index (κ1) is 11.1. The third-order valence-corrected chi connectivity index (χ3v) is 3.18. The van der Waals surface area contributed by atoms with Crippen molar-refractivity contribution in [1.82, 2.24) is 0 Å². The number of hydrogen-bond acceptors (Lipinski definition) is 1. The summed E-state index contributed by atoms with van der Waals surface area (Å²) in [6.07, 6.45) is 1.31. The monoisotopic (exact) mass is 217 g/mol. The molecule has 3 heteroatoms. The van der Waals surface area contributed by atoms with Gasteiger partial charge in [0.1, 0.15) is 19.6 Å². The lowest BCUT2D eigenvalue weighted by Crippen LogP contribution is -3.12. The molecule has 1 saturated heterocycles. The van der Waals surface area contributed by atoms with E-state index in [1.807, 2.05) is 12.1 Å². The van der Waals surface area contributed by atoms with Gasteiger partial charge in [-0.2, -0.15) is 5.26 Å². The summed E-state index contributed by atoms with van der Waals surface area (Å²) in [5.41, 5.74) is 2.10. The number of nitriles is 1. The van der Waals surface area contributed by atoms with Crippen LogP contribution >= 0.6 is 0 Å². The molecule has 0 aliphatic carbocycles. The third-order valence-electron chi connectivity index (χ3n) is 3.18. The highest BCUT2D eigenvalue weighted by molar-refractivity contribution is 5.31. The Kier molecular flexibility index (Phi) is 3.92. The number of nitrogens with two attached hydrogens (primary N) is 1. The summed E-state index contributed by atoms with van der Waals surface area (Å²) >= 11 is 0. The van der Waals surface area contributed by atoms with Gasteiger partial charge in [0.25, 0.3) is 0 Å². The normalized spacial score (nSPS) is 21.1.